The third-order valence-electron chi connectivity index (χ3n) is 5.97. The van der Waals surface area contributed by atoms with Gasteiger partial charge in [0.25, 0.3) is 5.91 Å². The number of nitrogens with one attached hydrogen (secondary N) is 3. The molecule has 39 heavy (non-hydrogen) atoms. The lowest BCUT2D eigenvalue weighted by Crippen LogP contribution is -2.25. The summed E-state index contributed by atoms with van der Waals surface area (Å²) in [6, 6.07) is 8.63. The highest BCUT2D eigenvalue weighted by Gasteiger charge is 2.26. The van der Waals surface area contributed by atoms with Crippen LogP contribution in [0.2, 0.25) is 0 Å². The number of carbonyl (C=O) groups is 2. The molecular weight excluding hydrogens is 504 g/mol. The zero-order chi connectivity index (χ0) is 28.5. The number of aryl methyl sites for hydroxylation is 1. The Bertz CT molecular complexity index is 1300. The lowest BCUT2D eigenvalue weighted by Gasteiger charge is -2.24. The van der Waals surface area contributed by atoms with Crippen molar-refractivity contribution in [1.82, 2.24) is 25.5 Å². The number of halogens is 2. The summed E-state index contributed by atoms with van der Waals surface area (Å²) in [5.74, 6) is -1.77. The van der Waals surface area contributed by atoms with Crippen molar-refractivity contribution in [2.75, 3.05) is 51.0 Å². The van der Waals surface area contributed by atoms with Gasteiger partial charge in [-0.25, -0.2) is 13.8 Å². The molecule has 0 aliphatic heterocycles. The molecular formula is C28H35F2N7O2. The molecule has 11 heteroatoms. The summed E-state index contributed by atoms with van der Waals surface area (Å²) in [6.07, 6.45) is 1.16. The number of carbonyl (C=O) groups excluding carboxylic acids is 2. The van der Waals surface area contributed by atoms with Crippen LogP contribution < -0.4 is 20.9 Å². The fraction of sp³-hybridized carbons (Fsp3) is 0.357. The number of hydrogen-bond donors (Lipinski definition) is 3. The Labute approximate surface area is 227 Å². The predicted molar refractivity (Wildman–Crippen MR) is 149 cm³/mol. The standard InChI is InChI=1S/C28H35F2N7O2/c1-6-12-32-27(39)19-10-11-20(18(2)15-19)24-21(16-31-3)26(35-28(34-24)33-13-14-36(4)5)37(17-38)25-22(29)8-7-9-23(25)30/h7-11,15,17,31H,6,12-14,16H2,1-5H3,(H,32,39)(H,33,34,35). The highest BCUT2D eigenvalue weighted by molar-refractivity contribution is 5.95. The molecule has 1 aromatic heterocycles. The van der Waals surface area contributed by atoms with Crippen molar-refractivity contribution in [3.05, 3.63) is 64.7 Å². The molecule has 2 amide bonds. The first-order valence-corrected chi connectivity index (χ1v) is 12.7. The highest BCUT2D eigenvalue weighted by atomic mass is 19.1. The summed E-state index contributed by atoms with van der Waals surface area (Å²) < 4.78 is 29.6. The third-order valence-corrected chi connectivity index (χ3v) is 5.97. The second-order valence-electron chi connectivity index (χ2n) is 9.29. The molecule has 0 saturated carbocycles. The van der Waals surface area contributed by atoms with Gasteiger partial charge in [-0.05, 0) is 64.3 Å². The molecule has 0 radical (unpaired) electrons. The average Bonchev–Trinajstić information content (AvgIpc) is 2.90. The van der Waals surface area contributed by atoms with Crippen molar-refractivity contribution in [3.63, 3.8) is 0 Å². The van der Waals surface area contributed by atoms with Crippen LogP contribution in [0.5, 0.6) is 0 Å². The van der Waals surface area contributed by atoms with Gasteiger partial charge in [-0.1, -0.05) is 19.1 Å². The van der Waals surface area contributed by atoms with E-state index in [0.717, 1.165) is 29.0 Å². The topological polar surface area (TPSA) is 102 Å². The molecule has 1 heterocycles. The normalized spacial score (nSPS) is 11.0. The first-order chi connectivity index (χ1) is 18.7. The van der Waals surface area contributed by atoms with Gasteiger partial charge in [0.15, 0.2) is 5.82 Å². The molecule has 208 valence electrons. The quantitative estimate of drug-likeness (QED) is 0.284. The lowest BCUT2D eigenvalue weighted by atomic mass is 9.98. The SMILES string of the molecule is CCCNC(=O)c1ccc(-c2nc(NCCN(C)C)nc(N(C=O)c3c(F)cccc3F)c2CNC)c(C)c1. The van der Waals surface area contributed by atoms with Gasteiger partial charge in [-0.2, -0.15) is 4.98 Å². The Hall–Kier alpha value is -3.96. The third kappa shape index (κ3) is 7.12. The van der Waals surface area contributed by atoms with E-state index in [9.17, 15) is 18.4 Å². The Morgan fingerprint density at radius 3 is 2.38 bits per heavy atom. The first kappa shape index (κ1) is 29.6. The monoisotopic (exact) mass is 539 g/mol. The predicted octanol–water partition coefficient (Wildman–Crippen LogP) is 3.86. The van der Waals surface area contributed by atoms with E-state index >= 15 is 0 Å². The van der Waals surface area contributed by atoms with Crippen molar-refractivity contribution in [2.24, 2.45) is 0 Å². The van der Waals surface area contributed by atoms with E-state index < -0.39 is 17.3 Å². The summed E-state index contributed by atoms with van der Waals surface area (Å²) in [5, 5.41) is 9.06. The van der Waals surface area contributed by atoms with E-state index in [4.69, 9.17) is 4.98 Å². The number of amides is 2. The van der Waals surface area contributed by atoms with E-state index in [1.165, 1.54) is 6.07 Å². The van der Waals surface area contributed by atoms with Gasteiger partial charge in [0.2, 0.25) is 12.4 Å². The van der Waals surface area contributed by atoms with Crippen LogP contribution in [0.4, 0.5) is 26.2 Å². The number of likely N-dealkylation sites (N-methyl/N-ethyl adjacent to an activating group) is 1. The summed E-state index contributed by atoms with van der Waals surface area (Å²) >= 11 is 0. The van der Waals surface area contributed by atoms with Crippen molar-refractivity contribution in [1.29, 1.82) is 0 Å². The van der Waals surface area contributed by atoms with Crippen LogP contribution in [0, 0.1) is 18.6 Å². The van der Waals surface area contributed by atoms with Gasteiger partial charge in [-0.3, -0.25) is 14.5 Å². The fourth-order valence-electron chi connectivity index (χ4n) is 4.04. The Kier molecular flexibility index (Phi) is 10.4. The van der Waals surface area contributed by atoms with Crippen LogP contribution in [0.3, 0.4) is 0 Å². The smallest absolute Gasteiger partial charge is 0.251 e. The second kappa shape index (κ2) is 13.7. The maximum absolute atomic E-state index is 14.8. The van der Waals surface area contributed by atoms with E-state index in [1.807, 2.05) is 32.8 Å². The summed E-state index contributed by atoms with van der Waals surface area (Å²) in [6.45, 7) is 5.75. The van der Waals surface area contributed by atoms with Gasteiger partial charge in [0, 0.05) is 42.9 Å². The Morgan fingerprint density at radius 1 is 1.08 bits per heavy atom. The molecule has 3 aromatic rings. The number of rotatable bonds is 13. The zero-order valence-electron chi connectivity index (χ0n) is 22.9. The van der Waals surface area contributed by atoms with Crippen LogP contribution in [-0.4, -0.2) is 68.0 Å². The van der Waals surface area contributed by atoms with Crippen molar-refractivity contribution in [2.45, 2.75) is 26.8 Å². The molecule has 0 bridgehead atoms. The van der Waals surface area contributed by atoms with E-state index in [-0.39, 0.29) is 24.2 Å². The molecule has 9 nitrogen and oxygen atoms in total. The maximum atomic E-state index is 14.8. The highest BCUT2D eigenvalue weighted by Crippen LogP contribution is 2.36. The minimum atomic E-state index is -0.904. The van der Waals surface area contributed by atoms with Gasteiger partial charge < -0.3 is 20.9 Å². The van der Waals surface area contributed by atoms with Crippen LogP contribution in [-0.2, 0) is 11.3 Å². The molecule has 0 unspecified atom stereocenters. The molecule has 0 aliphatic rings. The number of para-hydroxylation sites is 1. The summed E-state index contributed by atoms with van der Waals surface area (Å²) in [5.41, 5.74) is 2.33. The van der Waals surface area contributed by atoms with Gasteiger partial charge in [0.1, 0.15) is 17.3 Å². The number of anilines is 3. The van der Waals surface area contributed by atoms with Crippen molar-refractivity contribution < 1.29 is 18.4 Å². The molecule has 0 spiro atoms. The molecule has 2 aromatic carbocycles. The molecule has 0 saturated heterocycles. The minimum Gasteiger partial charge on any atom is -0.353 e. The van der Waals surface area contributed by atoms with E-state index in [1.54, 1.807) is 25.2 Å². The van der Waals surface area contributed by atoms with Crippen molar-refractivity contribution >= 4 is 29.8 Å². The largest absolute Gasteiger partial charge is 0.353 e. The van der Waals surface area contributed by atoms with Crippen molar-refractivity contribution in [3.8, 4) is 11.3 Å². The molecule has 0 atom stereocenters. The number of aromatic nitrogens is 2. The minimum absolute atomic E-state index is 0.0323. The number of nitrogens with zero attached hydrogens (tertiary/aromatic N) is 4. The van der Waals surface area contributed by atoms with Crippen LogP contribution in [0.15, 0.2) is 36.4 Å². The van der Waals surface area contributed by atoms with E-state index in [0.29, 0.717) is 48.4 Å². The van der Waals surface area contributed by atoms with E-state index in [2.05, 4.69) is 20.9 Å². The maximum Gasteiger partial charge on any atom is 0.251 e. The number of benzene rings is 2. The molecule has 3 rings (SSSR count). The van der Waals surface area contributed by atoms with Crippen LogP contribution in [0.1, 0.15) is 34.8 Å². The molecule has 0 aliphatic carbocycles. The lowest BCUT2D eigenvalue weighted by molar-refractivity contribution is -0.106. The fourth-order valence-corrected chi connectivity index (χ4v) is 4.04. The van der Waals surface area contributed by atoms with Gasteiger partial charge in [0.05, 0.1) is 5.69 Å². The summed E-state index contributed by atoms with van der Waals surface area (Å²) in [7, 11) is 5.55. The van der Waals surface area contributed by atoms with Crippen LogP contribution >= 0.6 is 0 Å². The molecule has 0 fully saturated rings. The second-order valence-corrected chi connectivity index (χ2v) is 9.29. The van der Waals surface area contributed by atoms with Gasteiger partial charge >= 0.3 is 0 Å². The first-order valence-electron chi connectivity index (χ1n) is 12.7. The van der Waals surface area contributed by atoms with Gasteiger partial charge in [-0.15, -0.1) is 0 Å². The average molecular weight is 540 g/mol. The molecule has 3 N–H and O–H groups in total. The Balaban J connectivity index is 2.23. The zero-order valence-corrected chi connectivity index (χ0v) is 22.9. The van der Waals surface area contributed by atoms with Crippen LogP contribution in [0.25, 0.3) is 11.3 Å². The summed E-state index contributed by atoms with van der Waals surface area (Å²) in [4.78, 5) is 37.0. The Morgan fingerprint density at radius 2 is 1.79 bits per heavy atom. The number of hydrogen-bond acceptors (Lipinski definition) is 7.